The van der Waals surface area contributed by atoms with Crippen molar-refractivity contribution in [3.05, 3.63) is 35.9 Å². The summed E-state index contributed by atoms with van der Waals surface area (Å²) in [5.74, 6) is 0.904. The molecule has 1 aromatic rings. The van der Waals surface area contributed by atoms with Gasteiger partial charge in [-0.05, 0) is 36.8 Å². The van der Waals surface area contributed by atoms with Crippen molar-refractivity contribution >= 4 is 6.09 Å². The zero-order chi connectivity index (χ0) is 13.7. The highest BCUT2D eigenvalue weighted by atomic mass is 16.5. The predicted octanol–water partition coefficient (Wildman–Crippen LogP) is 1.89. The van der Waals surface area contributed by atoms with E-state index < -0.39 is 0 Å². The van der Waals surface area contributed by atoms with Crippen molar-refractivity contribution in [3.63, 3.8) is 0 Å². The Bertz CT molecular complexity index is 408. The van der Waals surface area contributed by atoms with Crippen molar-refractivity contribution in [2.45, 2.75) is 12.8 Å². The Morgan fingerprint density at radius 2 is 2.11 bits per heavy atom. The summed E-state index contributed by atoms with van der Waals surface area (Å²) in [5, 5.41) is 0. The van der Waals surface area contributed by atoms with E-state index in [0.29, 0.717) is 24.9 Å². The van der Waals surface area contributed by atoms with Crippen LogP contribution < -0.4 is 5.73 Å². The molecule has 1 heterocycles. The number of hydrogen-bond acceptors (Lipinski definition) is 3. The topological polar surface area (TPSA) is 55.6 Å². The van der Waals surface area contributed by atoms with Gasteiger partial charge in [0.15, 0.2) is 0 Å². The molecule has 1 fully saturated rings. The highest BCUT2D eigenvalue weighted by molar-refractivity contribution is 5.67. The summed E-state index contributed by atoms with van der Waals surface area (Å²) in [6.45, 7) is 2.09. The highest BCUT2D eigenvalue weighted by Gasteiger charge is 2.30. The van der Waals surface area contributed by atoms with Crippen LogP contribution in [0.2, 0.25) is 0 Å². The number of hydrogen-bond donors (Lipinski definition) is 1. The summed E-state index contributed by atoms with van der Waals surface area (Å²) in [6, 6.07) is 10.5. The summed E-state index contributed by atoms with van der Waals surface area (Å²) >= 11 is 0. The molecule has 0 aromatic heterocycles. The molecule has 19 heavy (non-hydrogen) atoms. The van der Waals surface area contributed by atoms with Gasteiger partial charge in [0.2, 0.25) is 0 Å². The fourth-order valence-electron chi connectivity index (χ4n) is 2.83. The van der Waals surface area contributed by atoms with Crippen LogP contribution in [-0.2, 0) is 11.2 Å². The highest BCUT2D eigenvalue weighted by Crippen LogP contribution is 2.26. The summed E-state index contributed by atoms with van der Waals surface area (Å²) < 4.78 is 4.78. The van der Waals surface area contributed by atoms with Crippen LogP contribution in [0.3, 0.4) is 0 Å². The third-order valence-electron chi connectivity index (χ3n) is 3.97. The second kappa shape index (κ2) is 6.57. The van der Waals surface area contributed by atoms with Crippen LogP contribution in [0.1, 0.15) is 12.0 Å². The van der Waals surface area contributed by atoms with Crippen molar-refractivity contribution < 1.29 is 9.53 Å². The minimum absolute atomic E-state index is 0.239. The van der Waals surface area contributed by atoms with E-state index in [9.17, 15) is 4.79 Å². The molecule has 4 heteroatoms. The van der Waals surface area contributed by atoms with Crippen molar-refractivity contribution in [3.8, 4) is 0 Å². The molecule has 0 aliphatic carbocycles. The van der Waals surface area contributed by atoms with Crippen LogP contribution >= 0.6 is 0 Å². The predicted molar refractivity (Wildman–Crippen MR) is 74.8 cm³/mol. The Balaban J connectivity index is 1.97. The van der Waals surface area contributed by atoms with E-state index in [2.05, 4.69) is 24.3 Å². The lowest BCUT2D eigenvalue weighted by molar-refractivity contribution is 0.0845. The molecular weight excluding hydrogens is 240 g/mol. The first-order valence-corrected chi connectivity index (χ1v) is 6.81. The number of piperidine rings is 1. The van der Waals surface area contributed by atoms with E-state index in [1.165, 1.54) is 12.7 Å². The number of carbonyl (C=O) groups is 1. The molecule has 2 unspecified atom stereocenters. The second-order valence-corrected chi connectivity index (χ2v) is 5.15. The molecule has 1 aliphatic heterocycles. The van der Waals surface area contributed by atoms with Crippen LogP contribution in [0.25, 0.3) is 0 Å². The summed E-state index contributed by atoms with van der Waals surface area (Å²) in [5.41, 5.74) is 7.22. The van der Waals surface area contributed by atoms with Gasteiger partial charge in [-0.2, -0.15) is 0 Å². The van der Waals surface area contributed by atoms with Gasteiger partial charge in [-0.25, -0.2) is 4.79 Å². The maximum Gasteiger partial charge on any atom is 0.409 e. The zero-order valence-corrected chi connectivity index (χ0v) is 11.4. The first-order chi connectivity index (χ1) is 9.24. The minimum atomic E-state index is -0.239. The number of benzene rings is 1. The van der Waals surface area contributed by atoms with Gasteiger partial charge in [0.05, 0.1) is 7.11 Å². The molecule has 1 amide bonds. The van der Waals surface area contributed by atoms with Gasteiger partial charge in [-0.15, -0.1) is 0 Å². The lowest BCUT2D eigenvalue weighted by Gasteiger charge is -2.37. The quantitative estimate of drug-likeness (QED) is 0.905. The van der Waals surface area contributed by atoms with Crippen LogP contribution in [0, 0.1) is 11.8 Å². The number of nitrogens with zero attached hydrogens (tertiary/aromatic N) is 1. The van der Waals surface area contributed by atoms with Crippen LogP contribution in [-0.4, -0.2) is 37.7 Å². The van der Waals surface area contributed by atoms with Gasteiger partial charge in [0.1, 0.15) is 0 Å². The maximum atomic E-state index is 11.6. The second-order valence-electron chi connectivity index (χ2n) is 5.15. The summed E-state index contributed by atoms with van der Waals surface area (Å²) in [7, 11) is 1.43. The van der Waals surface area contributed by atoms with E-state index in [1.54, 1.807) is 4.90 Å². The minimum Gasteiger partial charge on any atom is -0.453 e. The SMILES string of the molecule is COC(=O)N1CCC(Cc2ccccc2)C(CN)C1. The Morgan fingerprint density at radius 1 is 1.37 bits per heavy atom. The first-order valence-electron chi connectivity index (χ1n) is 6.81. The first kappa shape index (κ1) is 13.9. The molecule has 0 saturated carbocycles. The van der Waals surface area contributed by atoms with E-state index in [4.69, 9.17) is 10.5 Å². The third-order valence-corrected chi connectivity index (χ3v) is 3.97. The number of ether oxygens (including phenoxy) is 1. The average Bonchev–Trinajstić information content (AvgIpc) is 2.48. The van der Waals surface area contributed by atoms with Gasteiger partial charge >= 0.3 is 6.09 Å². The third kappa shape index (κ3) is 3.47. The van der Waals surface area contributed by atoms with Gasteiger partial charge in [0.25, 0.3) is 0 Å². The lowest BCUT2D eigenvalue weighted by Crippen LogP contribution is -2.46. The molecule has 4 nitrogen and oxygen atoms in total. The monoisotopic (exact) mass is 262 g/mol. The summed E-state index contributed by atoms with van der Waals surface area (Å²) in [4.78, 5) is 13.3. The fourth-order valence-corrected chi connectivity index (χ4v) is 2.83. The Hall–Kier alpha value is -1.55. The number of rotatable bonds is 3. The molecular formula is C15H22N2O2. The Morgan fingerprint density at radius 3 is 2.74 bits per heavy atom. The average molecular weight is 262 g/mol. The number of carbonyl (C=O) groups excluding carboxylic acids is 1. The van der Waals surface area contributed by atoms with E-state index in [0.717, 1.165) is 19.4 Å². The molecule has 1 aromatic carbocycles. The molecule has 1 aliphatic rings. The van der Waals surface area contributed by atoms with Gasteiger partial charge in [-0.3, -0.25) is 0 Å². The molecule has 0 spiro atoms. The normalized spacial score (nSPS) is 23.2. The Kier molecular flexibility index (Phi) is 4.80. The molecule has 2 rings (SSSR count). The maximum absolute atomic E-state index is 11.6. The Labute approximate surface area is 114 Å². The standard InChI is InChI=1S/C15H22N2O2/c1-19-15(18)17-8-7-13(14(10-16)11-17)9-12-5-3-2-4-6-12/h2-6,13-14H,7-11,16H2,1H3. The largest absolute Gasteiger partial charge is 0.453 e. The number of amides is 1. The molecule has 1 saturated heterocycles. The molecule has 0 radical (unpaired) electrons. The van der Waals surface area contributed by atoms with E-state index in [1.807, 2.05) is 6.07 Å². The van der Waals surface area contributed by atoms with Gasteiger partial charge < -0.3 is 15.4 Å². The van der Waals surface area contributed by atoms with E-state index >= 15 is 0 Å². The van der Waals surface area contributed by atoms with Crippen molar-refractivity contribution in [2.24, 2.45) is 17.6 Å². The number of methoxy groups -OCH3 is 1. The van der Waals surface area contributed by atoms with E-state index in [-0.39, 0.29) is 6.09 Å². The van der Waals surface area contributed by atoms with Gasteiger partial charge in [0, 0.05) is 13.1 Å². The van der Waals surface area contributed by atoms with Crippen molar-refractivity contribution in [2.75, 3.05) is 26.7 Å². The molecule has 104 valence electrons. The van der Waals surface area contributed by atoms with Crippen molar-refractivity contribution in [1.82, 2.24) is 4.90 Å². The number of nitrogens with two attached hydrogens (primary N) is 1. The smallest absolute Gasteiger partial charge is 0.409 e. The fraction of sp³-hybridized carbons (Fsp3) is 0.533. The molecule has 2 atom stereocenters. The zero-order valence-electron chi connectivity index (χ0n) is 11.4. The van der Waals surface area contributed by atoms with Crippen LogP contribution in [0.4, 0.5) is 4.79 Å². The van der Waals surface area contributed by atoms with Gasteiger partial charge in [-0.1, -0.05) is 30.3 Å². The lowest BCUT2D eigenvalue weighted by atomic mass is 9.81. The molecule has 0 bridgehead atoms. The van der Waals surface area contributed by atoms with Crippen molar-refractivity contribution in [1.29, 1.82) is 0 Å². The van der Waals surface area contributed by atoms with Crippen LogP contribution in [0.5, 0.6) is 0 Å². The number of likely N-dealkylation sites (tertiary alicyclic amines) is 1. The van der Waals surface area contributed by atoms with Crippen LogP contribution in [0.15, 0.2) is 30.3 Å². The summed E-state index contributed by atoms with van der Waals surface area (Å²) in [6.07, 6.45) is 1.79. The molecule has 2 N–H and O–H groups in total.